The van der Waals surface area contributed by atoms with Crippen molar-refractivity contribution in [1.29, 1.82) is 0 Å². The zero-order valence-corrected chi connectivity index (χ0v) is 12.2. The van der Waals surface area contributed by atoms with Gasteiger partial charge in [0.15, 0.2) is 0 Å². The minimum Gasteiger partial charge on any atom is -0.393 e. The maximum atomic E-state index is 10.3. The van der Waals surface area contributed by atoms with Crippen molar-refractivity contribution in [3.8, 4) is 0 Å². The van der Waals surface area contributed by atoms with Crippen LogP contribution in [0.2, 0.25) is 0 Å². The second-order valence-corrected chi connectivity index (χ2v) is 6.06. The maximum absolute atomic E-state index is 10.3. The molecule has 3 atom stereocenters. The lowest BCUT2D eigenvalue weighted by atomic mass is 9.74. The Labute approximate surface area is 107 Å². The second kappa shape index (κ2) is 7.38. The zero-order chi connectivity index (χ0) is 12.8. The molecule has 0 aromatic rings. The van der Waals surface area contributed by atoms with E-state index in [1.807, 2.05) is 0 Å². The molecule has 1 aliphatic carbocycles. The van der Waals surface area contributed by atoms with Gasteiger partial charge in [-0.1, -0.05) is 27.7 Å². The highest BCUT2D eigenvalue weighted by molar-refractivity contribution is 4.80. The van der Waals surface area contributed by atoms with Crippen molar-refractivity contribution in [3.05, 3.63) is 0 Å². The molecule has 0 radical (unpaired) electrons. The van der Waals surface area contributed by atoms with Crippen LogP contribution in [0.1, 0.15) is 53.4 Å². The van der Waals surface area contributed by atoms with E-state index in [1.165, 1.54) is 19.3 Å². The summed E-state index contributed by atoms with van der Waals surface area (Å²) in [5.74, 6) is 2.14. The molecular weight excluding hydrogens is 210 g/mol. The Kier molecular flexibility index (Phi) is 6.50. The molecule has 0 saturated heterocycles. The highest BCUT2D eigenvalue weighted by Crippen LogP contribution is 2.35. The first kappa shape index (κ1) is 15.0. The van der Waals surface area contributed by atoms with Crippen LogP contribution < -0.4 is 0 Å². The molecule has 102 valence electrons. The molecule has 3 unspecified atom stereocenters. The van der Waals surface area contributed by atoms with E-state index in [0.717, 1.165) is 37.9 Å². The molecule has 0 amide bonds. The van der Waals surface area contributed by atoms with Gasteiger partial charge in [0, 0.05) is 6.54 Å². The molecule has 0 aromatic carbocycles. The lowest BCUT2D eigenvalue weighted by molar-refractivity contribution is 0.0425. The molecule has 0 bridgehead atoms. The summed E-state index contributed by atoms with van der Waals surface area (Å²) in [6.45, 7) is 12.3. The lowest BCUT2D eigenvalue weighted by Crippen LogP contribution is -2.33. The van der Waals surface area contributed by atoms with E-state index in [-0.39, 0.29) is 6.10 Å². The molecule has 1 N–H and O–H groups in total. The average molecular weight is 241 g/mol. The van der Waals surface area contributed by atoms with E-state index in [2.05, 4.69) is 32.6 Å². The largest absolute Gasteiger partial charge is 0.393 e. The first-order valence-electron chi connectivity index (χ1n) is 7.47. The second-order valence-electron chi connectivity index (χ2n) is 6.06. The summed E-state index contributed by atoms with van der Waals surface area (Å²) in [5.41, 5.74) is 0. The van der Waals surface area contributed by atoms with Crippen LogP contribution in [0.5, 0.6) is 0 Å². The van der Waals surface area contributed by atoms with Gasteiger partial charge in [-0.25, -0.2) is 0 Å². The Morgan fingerprint density at radius 3 is 2.06 bits per heavy atom. The number of aliphatic hydroxyl groups is 1. The minimum absolute atomic E-state index is 0.0826. The summed E-state index contributed by atoms with van der Waals surface area (Å²) in [6.07, 6.45) is 4.67. The van der Waals surface area contributed by atoms with Gasteiger partial charge >= 0.3 is 0 Å². The molecular formula is C15H31NO. The highest BCUT2D eigenvalue weighted by Gasteiger charge is 2.28. The predicted octanol–water partition coefficient (Wildman–Crippen LogP) is 3.15. The Hall–Kier alpha value is -0.0800. The normalized spacial score (nSPS) is 31.8. The molecule has 2 nitrogen and oxygen atoms in total. The summed E-state index contributed by atoms with van der Waals surface area (Å²) >= 11 is 0. The van der Waals surface area contributed by atoms with Crippen LogP contribution in [0.25, 0.3) is 0 Å². The van der Waals surface area contributed by atoms with Gasteiger partial charge in [0.05, 0.1) is 6.10 Å². The molecule has 17 heavy (non-hydrogen) atoms. The molecule has 1 rings (SSSR count). The van der Waals surface area contributed by atoms with Crippen LogP contribution in [-0.2, 0) is 0 Å². The summed E-state index contributed by atoms with van der Waals surface area (Å²) in [4.78, 5) is 2.40. The van der Waals surface area contributed by atoms with Crippen molar-refractivity contribution < 1.29 is 5.11 Å². The van der Waals surface area contributed by atoms with Gasteiger partial charge in [-0.3, -0.25) is 0 Å². The molecule has 2 heteroatoms. The molecule has 0 spiro atoms. The fourth-order valence-corrected chi connectivity index (χ4v) is 3.41. The third kappa shape index (κ3) is 4.97. The van der Waals surface area contributed by atoms with Crippen molar-refractivity contribution >= 4 is 0 Å². The van der Waals surface area contributed by atoms with Crippen molar-refractivity contribution in [1.82, 2.24) is 4.90 Å². The van der Waals surface area contributed by atoms with Gasteiger partial charge in [-0.15, -0.1) is 0 Å². The number of nitrogens with zero attached hydrogens (tertiary/aromatic N) is 1. The third-order valence-electron chi connectivity index (χ3n) is 4.39. The van der Waals surface area contributed by atoms with Crippen molar-refractivity contribution in [2.75, 3.05) is 19.6 Å². The highest BCUT2D eigenvalue weighted by atomic mass is 16.3. The molecule has 0 heterocycles. The number of hydrogen-bond donors (Lipinski definition) is 1. The smallest absolute Gasteiger partial charge is 0.0580 e. The standard InChI is InChI=1S/C15H31NO/c1-5-16(6-2)8-7-15(17)14-10-12(3)9-13(4)11-14/h12-15,17H,5-11H2,1-4H3. The monoisotopic (exact) mass is 241 g/mol. The first-order chi connectivity index (χ1) is 8.06. The number of hydrogen-bond acceptors (Lipinski definition) is 2. The summed E-state index contributed by atoms with van der Waals surface area (Å²) < 4.78 is 0. The topological polar surface area (TPSA) is 23.5 Å². The molecule has 1 fully saturated rings. The Morgan fingerprint density at radius 2 is 1.59 bits per heavy atom. The summed E-state index contributed by atoms with van der Waals surface area (Å²) in [5, 5.41) is 10.3. The Bertz CT molecular complexity index is 193. The van der Waals surface area contributed by atoms with Crippen molar-refractivity contribution in [3.63, 3.8) is 0 Å². The van der Waals surface area contributed by atoms with Crippen LogP contribution in [0.4, 0.5) is 0 Å². The molecule has 1 aliphatic rings. The van der Waals surface area contributed by atoms with Gasteiger partial charge < -0.3 is 10.0 Å². The molecule has 0 aliphatic heterocycles. The van der Waals surface area contributed by atoms with Crippen LogP contribution in [0.3, 0.4) is 0 Å². The van der Waals surface area contributed by atoms with E-state index in [1.54, 1.807) is 0 Å². The van der Waals surface area contributed by atoms with Crippen molar-refractivity contribution in [2.24, 2.45) is 17.8 Å². The Morgan fingerprint density at radius 1 is 1.06 bits per heavy atom. The fourth-order valence-electron chi connectivity index (χ4n) is 3.41. The van der Waals surface area contributed by atoms with Crippen LogP contribution in [0.15, 0.2) is 0 Å². The van der Waals surface area contributed by atoms with E-state index in [9.17, 15) is 5.11 Å². The Balaban J connectivity index is 2.33. The molecule has 1 saturated carbocycles. The average Bonchev–Trinajstić information content (AvgIpc) is 2.28. The SMILES string of the molecule is CCN(CC)CCC(O)C1CC(C)CC(C)C1. The van der Waals surface area contributed by atoms with E-state index >= 15 is 0 Å². The number of rotatable bonds is 6. The minimum atomic E-state index is -0.0826. The van der Waals surface area contributed by atoms with E-state index < -0.39 is 0 Å². The van der Waals surface area contributed by atoms with E-state index in [0.29, 0.717) is 5.92 Å². The van der Waals surface area contributed by atoms with Gasteiger partial charge in [-0.05, 0) is 56.5 Å². The quantitative estimate of drug-likeness (QED) is 0.772. The predicted molar refractivity (Wildman–Crippen MR) is 74.1 cm³/mol. The zero-order valence-electron chi connectivity index (χ0n) is 12.2. The lowest BCUT2D eigenvalue weighted by Gasteiger charge is -2.35. The van der Waals surface area contributed by atoms with Crippen LogP contribution >= 0.6 is 0 Å². The molecule has 0 aromatic heterocycles. The number of aliphatic hydroxyl groups excluding tert-OH is 1. The van der Waals surface area contributed by atoms with Gasteiger partial charge in [-0.2, -0.15) is 0 Å². The van der Waals surface area contributed by atoms with Gasteiger partial charge in [0.2, 0.25) is 0 Å². The summed E-state index contributed by atoms with van der Waals surface area (Å²) in [7, 11) is 0. The fraction of sp³-hybridized carbons (Fsp3) is 1.00. The van der Waals surface area contributed by atoms with E-state index in [4.69, 9.17) is 0 Å². The first-order valence-corrected chi connectivity index (χ1v) is 7.47. The van der Waals surface area contributed by atoms with Crippen LogP contribution in [0, 0.1) is 17.8 Å². The van der Waals surface area contributed by atoms with Crippen molar-refractivity contribution in [2.45, 2.75) is 59.5 Å². The van der Waals surface area contributed by atoms with Gasteiger partial charge in [0.25, 0.3) is 0 Å². The van der Waals surface area contributed by atoms with Crippen LogP contribution in [-0.4, -0.2) is 35.7 Å². The maximum Gasteiger partial charge on any atom is 0.0580 e. The van der Waals surface area contributed by atoms with Gasteiger partial charge in [0.1, 0.15) is 0 Å². The third-order valence-corrected chi connectivity index (χ3v) is 4.39. The summed E-state index contributed by atoms with van der Waals surface area (Å²) in [6, 6.07) is 0.